The van der Waals surface area contributed by atoms with E-state index in [4.69, 9.17) is 4.55 Å². The van der Waals surface area contributed by atoms with Crippen molar-refractivity contribution in [1.29, 1.82) is 0 Å². The summed E-state index contributed by atoms with van der Waals surface area (Å²) in [6, 6.07) is 0. The van der Waals surface area contributed by atoms with E-state index in [9.17, 15) is 4.21 Å². The highest BCUT2D eigenvalue weighted by Crippen LogP contribution is 1.81. The van der Waals surface area contributed by atoms with Gasteiger partial charge in [-0.2, -0.15) is 0 Å². The van der Waals surface area contributed by atoms with Gasteiger partial charge in [0.15, 0.2) is 11.1 Å². The normalized spacial score (nSPS) is 18.7. The third-order valence-electron chi connectivity index (χ3n) is 0.709. The summed E-state index contributed by atoms with van der Waals surface area (Å²) < 4.78 is 18.2. The van der Waals surface area contributed by atoms with Crippen LogP contribution in [-0.2, 0) is 11.1 Å². The Bertz CT molecular complexity index is 75.3. The van der Waals surface area contributed by atoms with Gasteiger partial charge in [-0.25, -0.2) is 4.21 Å². The molecule has 0 heterocycles. The van der Waals surface area contributed by atoms with Crippen LogP contribution in [0.15, 0.2) is 0 Å². The second-order valence-electron chi connectivity index (χ2n) is 1.21. The minimum atomic E-state index is -1.72. The van der Waals surface area contributed by atoms with Gasteiger partial charge in [0.25, 0.3) is 0 Å². The van der Waals surface area contributed by atoms with Crippen molar-refractivity contribution in [2.45, 2.75) is 12.3 Å². The molecule has 0 amide bonds. The summed E-state index contributed by atoms with van der Waals surface area (Å²) >= 11 is -1.72. The van der Waals surface area contributed by atoms with Crippen LogP contribution in [0.3, 0.4) is 0 Å². The molecular formula is C3H9NO2S. The van der Waals surface area contributed by atoms with Crippen molar-refractivity contribution in [3.63, 3.8) is 0 Å². The van der Waals surface area contributed by atoms with E-state index in [0.717, 1.165) is 0 Å². The Kier molecular flexibility index (Phi) is 3.15. The third-order valence-corrected chi connectivity index (χ3v) is 1.55. The summed E-state index contributed by atoms with van der Waals surface area (Å²) in [7, 11) is 1.64. The van der Waals surface area contributed by atoms with Crippen molar-refractivity contribution in [1.82, 2.24) is 5.32 Å². The molecule has 0 aromatic heterocycles. The summed E-state index contributed by atoms with van der Waals surface area (Å²) in [5, 5.41) is 2.29. The summed E-state index contributed by atoms with van der Waals surface area (Å²) in [6.45, 7) is 1.64. The fourth-order valence-corrected chi connectivity index (χ4v) is 0.302. The predicted octanol–water partition coefficient (Wildman–Crippen LogP) is -0.226. The van der Waals surface area contributed by atoms with Crippen molar-refractivity contribution in [2.24, 2.45) is 0 Å². The summed E-state index contributed by atoms with van der Waals surface area (Å²) in [5.74, 6) is 0. The van der Waals surface area contributed by atoms with Crippen LogP contribution in [0, 0.1) is 0 Å². The van der Waals surface area contributed by atoms with E-state index in [-0.39, 0.29) is 5.37 Å². The molecule has 0 aliphatic rings. The first-order valence-corrected chi connectivity index (χ1v) is 3.12. The van der Waals surface area contributed by atoms with Crippen LogP contribution < -0.4 is 5.32 Å². The Labute approximate surface area is 45.4 Å². The largest absolute Gasteiger partial charge is 0.305 e. The van der Waals surface area contributed by atoms with Gasteiger partial charge < -0.3 is 9.87 Å². The molecule has 7 heavy (non-hydrogen) atoms. The van der Waals surface area contributed by atoms with E-state index >= 15 is 0 Å². The molecule has 0 saturated heterocycles. The fourth-order valence-electron chi connectivity index (χ4n) is 0.101. The van der Waals surface area contributed by atoms with Crippen LogP contribution in [0.2, 0.25) is 0 Å². The number of hydrogen-bond donors (Lipinski definition) is 2. The molecule has 0 aromatic rings. The molecule has 0 fully saturated rings. The zero-order chi connectivity index (χ0) is 5.86. The highest BCUT2D eigenvalue weighted by atomic mass is 32.2. The Balaban J connectivity index is 3.34. The van der Waals surface area contributed by atoms with Crippen LogP contribution >= 0.6 is 0 Å². The van der Waals surface area contributed by atoms with Gasteiger partial charge in [-0.05, 0) is 14.0 Å². The van der Waals surface area contributed by atoms with Crippen molar-refractivity contribution < 1.29 is 8.76 Å². The molecule has 2 N–H and O–H groups in total. The Hall–Kier alpha value is 0.0700. The van der Waals surface area contributed by atoms with Gasteiger partial charge in [0.2, 0.25) is 0 Å². The highest BCUT2D eigenvalue weighted by molar-refractivity contribution is 7.79. The number of nitrogens with one attached hydrogen (secondary N) is 1. The molecule has 0 aromatic carbocycles. The maximum absolute atomic E-state index is 9.98. The number of rotatable bonds is 2. The zero-order valence-corrected chi connectivity index (χ0v) is 5.16. The first kappa shape index (κ1) is 7.07. The van der Waals surface area contributed by atoms with Crippen molar-refractivity contribution in [2.75, 3.05) is 7.05 Å². The average Bonchev–Trinajstić information content (AvgIpc) is 1.65. The van der Waals surface area contributed by atoms with Gasteiger partial charge in [-0.15, -0.1) is 0 Å². The topological polar surface area (TPSA) is 49.3 Å². The minimum Gasteiger partial charge on any atom is -0.305 e. The van der Waals surface area contributed by atoms with Crippen LogP contribution in [0.25, 0.3) is 0 Å². The molecule has 0 radical (unpaired) electrons. The molecule has 2 atom stereocenters. The highest BCUT2D eigenvalue weighted by Gasteiger charge is 2.00. The van der Waals surface area contributed by atoms with Gasteiger partial charge in [0, 0.05) is 0 Å². The maximum Gasteiger partial charge on any atom is 0.170 e. The zero-order valence-electron chi connectivity index (χ0n) is 4.34. The molecule has 0 rings (SSSR count). The smallest absolute Gasteiger partial charge is 0.170 e. The van der Waals surface area contributed by atoms with E-state index in [2.05, 4.69) is 5.32 Å². The average molecular weight is 123 g/mol. The molecule has 2 unspecified atom stereocenters. The van der Waals surface area contributed by atoms with E-state index in [1.807, 2.05) is 0 Å². The van der Waals surface area contributed by atoms with Crippen LogP contribution in [-0.4, -0.2) is 21.2 Å². The van der Waals surface area contributed by atoms with Crippen molar-refractivity contribution in [3.8, 4) is 0 Å². The third kappa shape index (κ3) is 2.73. The Morgan fingerprint density at radius 3 is 2.29 bits per heavy atom. The van der Waals surface area contributed by atoms with Gasteiger partial charge in [-0.1, -0.05) is 0 Å². The maximum atomic E-state index is 9.98. The number of hydrogen-bond acceptors (Lipinski definition) is 2. The van der Waals surface area contributed by atoms with E-state index < -0.39 is 11.1 Å². The first-order chi connectivity index (χ1) is 3.18. The van der Waals surface area contributed by atoms with Crippen LogP contribution in [0.1, 0.15) is 6.92 Å². The molecule has 0 aliphatic carbocycles. The molecule has 44 valence electrons. The minimum absolute atomic E-state index is 0.319. The monoisotopic (exact) mass is 123 g/mol. The summed E-state index contributed by atoms with van der Waals surface area (Å²) in [4.78, 5) is 0. The van der Waals surface area contributed by atoms with Crippen LogP contribution in [0.4, 0.5) is 0 Å². The predicted molar refractivity (Wildman–Crippen MR) is 29.3 cm³/mol. The van der Waals surface area contributed by atoms with Crippen molar-refractivity contribution in [3.05, 3.63) is 0 Å². The Morgan fingerprint density at radius 1 is 1.86 bits per heavy atom. The molecule has 3 nitrogen and oxygen atoms in total. The molecule has 0 spiro atoms. The Morgan fingerprint density at radius 2 is 2.29 bits per heavy atom. The SMILES string of the molecule is CNC(C)S(=O)O. The molecule has 0 bridgehead atoms. The lowest BCUT2D eigenvalue weighted by Crippen LogP contribution is -2.25. The van der Waals surface area contributed by atoms with Gasteiger partial charge >= 0.3 is 0 Å². The molecular weight excluding hydrogens is 114 g/mol. The van der Waals surface area contributed by atoms with E-state index in [1.165, 1.54) is 0 Å². The summed E-state index contributed by atoms with van der Waals surface area (Å²) in [5.41, 5.74) is 0. The second-order valence-corrected chi connectivity index (χ2v) is 2.47. The van der Waals surface area contributed by atoms with Gasteiger partial charge in [0.1, 0.15) is 5.37 Å². The fraction of sp³-hybridized carbons (Fsp3) is 1.00. The second kappa shape index (κ2) is 3.12. The summed E-state index contributed by atoms with van der Waals surface area (Å²) in [6.07, 6.45) is 0. The van der Waals surface area contributed by atoms with Gasteiger partial charge in [0.05, 0.1) is 0 Å². The van der Waals surface area contributed by atoms with E-state index in [1.54, 1.807) is 14.0 Å². The lowest BCUT2D eigenvalue weighted by Gasteiger charge is -2.00. The van der Waals surface area contributed by atoms with Gasteiger partial charge in [-0.3, -0.25) is 0 Å². The molecule has 0 aliphatic heterocycles. The van der Waals surface area contributed by atoms with Crippen molar-refractivity contribution >= 4 is 11.1 Å². The lowest BCUT2D eigenvalue weighted by molar-refractivity contribution is 0.541. The lowest BCUT2D eigenvalue weighted by atomic mass is 10.8. The molecule has 4 heteroatoms. The first-order valence-electron chi connectivity index (χ1n) is 1.95. The molecule has 0 saturated carbocycles. The van der Waals surface area contributed by atoms with Crippen LogP contribution in [0.5, 0.6) is 0 Å². The standard InChI is InChI=1S/C3H9NO2S/c1-3(4-2)7(5)6/h3-4H,1-2H3,(H,5,6). The van der Waals surface area contributed by atoms with E-state index in [0.29, 0.717) is 0 Å². The quantitative estimate of drug-likeness (QED) is 0.499.